The minimum absolute atomic E-state index is 0.776. The second-order valence-electron chi connectivity index (χ2n) is 5.74. The molecule has 92 valence electrons. The Hall–Kier alpha value is -0.120. The van der Waals surface area contributed by atoms with Crippen LogP contribution in [0.3, 0.4) is 0 Å². The smallest absolute Gasteiger partial charge is 0.0264 e. The van der Waals surface area contributed by atoms with Crippen LogP contribution in [0.5, 0.6) is 0 Å². The minimum atomic E-state index is 0.776. The quantitative estimate of drug-likeness (QED) is 0.767. The van der Waals surface area contributed by atoms with Crippen molar-refractivity contribution < 1.29 is 0 Å². The summed E-state index contributed by atoms with van der Waals surface area (Å²) in [6.07, 6.45) is 9.85. The van der Waals surface area contributed by atoms with Gasteiger partial charge < -0.3 is 5.32 Å². The molecule has 3 heterocycles. The summed E-state index contributed by atoms with van der Waals surface area (Å²) >= 11 is 0. The van der Waals surface area contributed by atoms with E-state index in [9.17, 15) is 0 Å². The van der Waals surface area contributed by atoms with E-state index in [1.807, 2.05) is 0 Å². The molecule has 0 saturated carbocycles. The summed E-state index contributed by atoms with van der Waals surface area (Å²) < 4.78 is 0. The van der Waals surface area contributed by atoms with Gasteiger partial charge in [-0.3, -0.25) is 0 Å². The number of hydrogen-bond acceptors (Lipinski definition) is 3. The summed E-state index contributed by atoms with van der Waals surface area (Å²) in [5, 5.41) is 8.93. The predicted molar refractivity (Wildman–Crippen MR) is 66.2 cm³/mol. The van der Waals surface area contributed by atoms with Gasteiger partial charge in [-0.05, 0) is 45.6 Å². The first-order valence-corrected chi connectivity index (χ1v) is 7.09. The minimum Gasteiger partial charge on any atom is -0.317 e. The molecule has 3 rings (SSSR count). The Morgan fingerprint density at radius 3 is 2.12 bits per heavy atom. The lowest BCUT2D eigenvalue weighted by Gasteiger charge is -2.46. The van der Waals surface area contributed by atoms with Gasteiger partial charge in [-0.1, -0.05) is 6.42 Å². The summed E-state index contributed by atoms with van der Waals surface area (Å²) in [7, 11) is 2.13. The van der Waals surface area contributed by atoms with Crippen LogP contribution >= 0.6 is 0 Å². The van der Waals surface area contributed by atoms with Crippen molar-refractivity contribution in [2.45, 2.75) is 63.1 Å². The molecule has 3 fully saturated rings. The lowest BCUT2D eigenvalue weighted by molar-refractivity contribution is -0.100. The van der Waals surface area contributed by atoms with Crippen LogP contribution < -0.4 is 5.32 Å². The normalized spacial score (nSPS) is 41.4. The first kappa shape index (κ1) is 11.0. The van der Waals surface area contributed by atoms with Crippen LogP contribution in [0.2, 0.25) is 0 Å². The van der Waals surface area contributed by atoms with Gasteiger partial charge in [0.2, 0.25) is 0 Å². The second kappa shape index (κ2) is 4.63. The number of fused-ring (bicyclic) bond motifs is 2. The van der Waals surface area contributed by atoms with Crippen LogP contribution in [0.15, 0.2) is 0 Å². The summed E-state index contributed by atoms with van der Waals surface area (Å²) in [5.41, 5.74) is 0. The van der Waals surface area contributed by atoms with Crippen molar-refractivity contribution in [2.24, 2.45) is 0 Å². The average molecular weight is 223 g/mol. The van der Waals surface area contributed by atoms with Gasteiger partial charge in [-0.2, -0.15) is 0 Å². The fraction of sp³-hybridized carbons (Fsp3) is 1.00. The van der Waals surface area contributed by atoms with E-state index in [-0.39, 0.29) is 0 Å². The second-order valence-corrected chi connectivity index (χ2v) is 5.74. The highest BCUT2D eigenvalue weighted by Gasteiger charge is 2.43. The summed E-state index contributed by atoms with van der Waals surface area (Å²) in [6.45, 7) is 2.63. The van der Waals surface area contributed by atoms with Crippen molar-refractivity contribution in [3.8, 4) is 0 Å². The molecular weight excluding hydrogens is 198 g/mol. The zero-order valence-electron chi connectivity index (χ0n) is 10.5. The van der Waals surface area contributed by atoms with E-state index in [2.05, 4.69) is 22.4 Å². The zero-order valence-corrected chi connectivity index (χ0v) is 10.5. The zero-order chi connectivity index (χ0) is 11.0. The van der Waals surface area contributed by atoms with Crippen LogP contribution in [0.1, 0.15) is 44.9 Å². The maximum absolute atomic E-state index is 3.48. The molecule has 0 aromatic heterocycles. The fourth-order valence-electron chi connectivity index (χ4n) is 3.96. The third kappa shape index (κ3) is 1.89. The maximum atomic E-state index is 3.48. The van der Waals surface area contributed by atoms with Crippen molar-refractivity contribution in [1.29, 1.82) is 0 Å². The van der Waals surface area contributed by atoms with Gasteiger partial charge in [0, 0.05) is 31.2 Å². The van der Waals surface area contributed by atoms with E-state index in [0.717, 1.165) is 18.1 Å². The van der Waals surface area contributed by atoms with Crippen molar-refractivity contribution in [1.82, 2.24) is 15.3 Å². The average Bonchev–Trinajstić information content (AvgIpc) is 2.61. The topological polar surface area (TPSA) is 18.5 Å². The largest absolute Gasteiger partial charge is 0.317 e. The molecule has 0 amide bonds. The van der Waals surface area contributed by atoms with Gasteiger partial charge in [0.05, 0.1) is 0 Å². The molecule has 3 aliphatic rings. The number of nitrogens with one attached hydrogen (secondary N) is 1. The Kier molecular flexibility index (Phi) is 3.18. The van der Waals surface area contributed by atoms with E-state index < -0.39 is 0 Å². The Balaban J connectivity index is 1.68. The van der Waals surface area contributed by atoms with E-state index in [1.165, 1.54) is 58.0 Å². The van der Waals surface area contributed by atoms with Gasteiger partial charge in [-0.25, -0.2) is 10.0 Å². The Bertz CT molecular complexity index is 223. The fourth-order valence-corrected chi connectivity index (χ4v) is 3.96. The molecule has 2 bridgehead atoms. The molecule has 3 nitrogen and oxygen atoms in total. The monoisotopic (exact) mass is 223 g/mol. The third-order valence-electron chi connectivity index (χ3n) is 4.76. The molecular formula is C13H25N3. The highest BCUT2D eigenvalue weighted by Crippen LogP contribution is 2.37. The molecule has 3 aliphatic heterocycles. The van der Waals surface area contributed by atoms with Gasteiger partial charge >= 0.3 is 0 Å². The van der Waals surface area contributed by atoms with E-state index in [0.29, 0.717) is 0 Å². The molecule has 3 saturated heterocycles. The van der Waals surface area contributed by atoms with Crippen LogP contribution in [0.4, 0.5) is 0 Å². The molecule has 16 heavy (non-hydrogen) atoms. The molecule has 2 atom stereocenters. The van der Waals surface area contributed by atoms with Crippen molar-refractivity contribution in [3.63, 3.8) is 0 Å². The highest BCUT2D eigenvalue weighted by atomic mass is 15.7. The standard InChI is InChI=1S/C13H25N3/c1-14-11-9-12-5-6-13(10-11)16(12)15-7-3-2-4-8-15/h11-14H,2-10H2,1H3. The predicted octanol–water partition coefficient (Wildman–Crippen LogP) is 1.60. The molecule has 3 heteroatoms. The van der Waals surface area contributed by atoms with Crippen molar-refractivity contribution >= 4 is 0 Å². The Morgan fingerprint density at radius 1 is 0.938 bits per heavy atom. The van der Waals surface area contributed by atoms with Crippen molar-refractivity contribution in [2.75, 3.05) is 20.1 Å². The summed E-state index contributed by atoms with van der Waals surface area (Å²) in [4.78, 5) is 0. The first-order valence-electron chi connectivity index (χ1n) is 7.09. The summed E-state index contributed by atoms with van der Waals surface area (Å²) in [5.74, 6) is 0. The SMILES string of the molecule is CNC1CC2CCC(C1)N2N1CCCCC1. The Labute approximate surface area is 99.1 Å². The van der Waals surface area contributed by atoms with Crippen LogP contribution in [0, 0.1) is 0 Å². The van der Waals surface area contributed by atoms with Crippen LogP contribution in [-0.2, 0) is 0 Å². The van der Waals surface area contributed by atoms with E-state index >= 15 is 0 Å². The van der Waals surface area contributed by atoms with Crippen molar-refractivity contribution in [3.05, 3.63) is 0 Å². The van der Waals surface area contributed by atoms with Crippen LogP contribution in [-0.4, -0.2) is 48.3 Å². The van der Waals surface area contributed by atoms with Crippen LogP contribution in [0.25, 0.3) is 0 Å². The number of hydrazine groups is 1. The van der Waals surface area contributed by atoms with Gasteiger partial charge in [0.25, 0.3) is 0 Å². The molecule has 0 aliphatic carbocycles. The molecule has 2 unspecified atom stereocenters. The Morgan fingerprint density at radius 2 is 1.56 bits per heavy atom. The number of piperidine rings is 2. The number of hydrogen-bond donors (Lipinski definition) is 1. The lowest BCUT2D eigenvalue weighted by Crippen LogP contribution is -2.57. The molecule has 0 aromatic rings. The van der Waals surface area contributed by atoms with E-state index in [4.69, 9.17) is 0 Å². The molecule has 0 radical (unpaired) electrons. The number of rotatable bonds is 2. The number of nitrogens with zero attached hydrogens (tertiary/aromatic N) is 2. The third-order valence-corrected chi connectivity index (χ3v) is 4.76. The summed E-state index contributed by atoms with van der Waals surface area (Å²) in [6, 6.07) is 2.46. The molecule has 0 spiro atoms. The molecule has 0 aromatic carbocycles. The molecule has 1 N–H and O–H groups in total. The van der Waals surface area contributed by atoms with Gasteiger partial charge in [-0.15, -0.1) is 0 Å². The maximum Gasteiger partial charge on any atom is 0.0264 e. The van der Waals surface area contributed by atoms with Gasteiger partial charge in [0.15, 0.2) is 0 Å². The van der Waals surface area contributed by atoms with E-state index in [1.54, 1.807) is 0 Å². The van der Waals surface area contributed by atoms with Gasteiger partial charge in [0.1, 0.15) is 0 Å². The highest BCUT2D eigenvalue weighted by molar-refractivity contribution is 4.96. The first-order chi connectivity index (χ1) is 7.88. The lowest BCUT2D eigenvalue weighted by atomic mass is 9.98.